The largest absolute Gasteiger partial charge is 0.490 e. The van der Waals surface area contributed by atoms with Crippen molar-refractivity contribution in [2.24, 2.45) is 0 Å². The van der Waals surface area contributed by atoms with Crippen LogP contribution in [-0.4, -0.2) is 31.6 Å². The highest BCUT2D eigenvalue weighted by molar-refractivity contribution is 6.07. The van der Waals surface area contributed by atoms with Crippen LogP contribution >= 0.6 is 0 Å². The molecule has 5 nitrogen and oxygen atoms in total. The Bertz CT molecular complexity index is 839. The van der Waals surface area contributed by atoms with Crippen LogP contribution in [0.1, 0.15) is 15.9 Å². The van der Waals surface area contributed by atoms with E-state index in [0.29, 0.717) is 31.0 Å². The van der Waals surface area contributed by atoms with E-state index in [2.05, 4.69) is 6.58 Å². The summed E-state index contributed by atoms with van der Waals surface area (Å²) in [5.41, 5.74) is 2.07. The van der Waals surface area contributed by atoms with Crippen molar-refractivity contribution in [1.82, 2.24) is 0 Å². The zero-order chi connectivity index (χ0) is 18.4. The van der Waals surface area contributed by atoms with Crippen LogP contribution < -0.4 is 9.64 Å². The van der Waals surface area contributed by atoms with Crippen molar-refractivity contribution in [3.8, 4) is 5.75 Å². The lowest BCUT2D eigenvalue weighted by atomic mass is 10.1. The Kier molecular flexibility index (Phi) is 5.49. The Morgan fingerprint density at radius 1 is 1.23 bits per heavy atom. The molecular weight excluding hydrogens is 330 g/mol. The number of carbonyl (C=O) groups is 2. The van der Waals surface area contributed by atoms with Gasteiger partial charge in [-0.25, -0.2) is 4.79 Å². The van der Waals surface area contributed by atoms with E-state index >= 15 is 0 Å². The number of benzene rings is 2. The molecule has 0 atom stereocenters. The van der Waals surface area contributed by atoms with Crippen LogP contribution in [0.4, 0.5) is 10.5 Å². The van der Waals surface area contributed by atoms with Crippen molar-refractivity contribution >= 4 is 23.6 Å². The summed E-state index contributed by atoms with van der Waals surface area (Å²) in [5, 5.41) is 0. The number of ether oxygens (including phenoxy) is 2. The minimum Gasteiger partial charge on any atom is -0.490 e. The highest BCUT2D eigenvalue weighted by Crippen LogP contribution is 2.21. The molecule has 0 spiro atoms. The summed E-state index contributed by atoms with van der Waals surface area (Å²) in [6, 6.07) is 14.4. The number of allylic oxidation sites excluding steroid dienone is 1. The third-order valence-electron chi connectivity index (χ3n) is 3.88. The predicted octanol–water partition coefficient (Wildman–Crippen LogP) is 4.10. The SMILES string of the molecule is C=CCOc1ccc(C=CC(=O)c2cccc(N3CCOC3=O)c2)cc1. The van der Waals surface area contributed by atoms with Crippen molar-refractivity contribution < 1.29 is 19.1 Å². The monoisotopic (exact) mass is 349 g/mol. The molecule has 2 aromatic rings. The molecule has 132 valence electrons. The van der Waals surface area contributed by atoms with Gasteiger partial charge in [-0.3, -0.25) is 9.69 Å². The molecule has 1 aliphatic heterocycles. The fraction of sp³-hybridized carbons (Fsp3) is 0.143. The predicted molar refractivity (Wildman–Crippen MR) is 101 cm³/mol. The molecule has 0 unspecified atom stereocenters. The van der Waals surface area contributed by atoms with E-state index in [1.165, 1.54) is 11.0 Å². The Hall–Kier alpha value is -3.34. The van der Waals surface area contributed by atoms with Crippen LogP contribution in [-0.2, 0) is 4.74 Å². The third kappa shape index (κ3) is 4.19. The maximum atomic E-state index is 12.4. The number of anilines is 1. The van der Waals surface area contributed by atoms with Crippen molar-refractivity contribution in [1.29, 1.82) is 0 Å². The molecule has 1 amide bonds. The van der Waals surface area contributed by atoms with E-state index in [1.54, 1.807) is 36.4 Å². The summed E-state index contributed by atoms with van der Waals surface area (Å²) in [7, 11) is 0. The second-order valence-electron chi connectivity index (χ2n) is 5.68. The number of ketones is 1. The Labute approximate surface area is 152 Å². The van der Waals surface area contributed by atoms with Gasteiger partial charge < -0.3 is 9.47 Å². The van der Waals surface area contributed by atoms with Crippen molar-refractivity contribution in [3.63, 3.8) is 0 Å². The zero-order valence-corrected chi connectivity index (χ0v) is 14.3. The van der Waals surface area contributed by atoms with Crippen LogP contribution in [0.25, 0.3) is 6.08 Å². The van der Waals surface area contributed by atoms with E-state index in [4.69, 9.17) is 9.47 Å². The standard InChI is InChI=1S/C21H19NO4/c1-2-13-25-19-9-6-16(7-10-19)8-11-20(23)17-4-3-5-18(15-17)22-12-14-26-21(22)24/h2-11,15H,1,12-14H2. The highest BCUT2D eigenvalue weighted by Gasteiger charge is 2.23. The number of hydrogen-bond acceptors (Lipinski definition) is 4. The van der Waals surface area contributed by atoms with Gasteiger partial charge in [0.25, 0.3) is 0 Å². The maximum Gasteiger partial charge on any atom is 0.414 e. The van der Waals surface area contributed by atoms with E-state index in [9.17, 15) is 9.59 Å². The summed E-state index contributed by atoms with van der Waals surface area (Å²) >= 11 is 0. The van der Waals surface area contributed by atoms with Gasteiger partial charge in [-0.1, -0.05) is 43.0 Å². The molecule has 3 rings (SSSR count). The Morgan fingerprint density at radius 3 is 2.73 bits per heavy atom. The first-order valence-corrected chi connectivity index (χ1v) is 8.28. The number of nitrogens with zero attached hydrogens (tertiary/aromatic N) is 1. The molecule has 1 fully saturated rings. The number of carbonyl (C=O) groups excluding carboxylic acids is 2. The Balaban J connectivity index is 1.68. The normalized spacial score (nSPS) is 13.7. The lowest BCUT2D eigenvalue weighted by molar-refractivity contribution is 0.104. The molecule has 26 heavy (non-hydrogen) atoms. The molecular formula is C21H19NO4. The van der Waals surface area contributed by atoms with Gasteiger partial charge in [-0.15, -0.1) is 0 Å². The van der Waals surface area contributed by atoms with Crippen LogP contribution in [0.3, 0.4) is 0 Å². The number of hydrogen-bond donors (Lipinski definition) is 0. The van der Waals surface area contributed by atoms with Gasteiger partial charge in [0.15, 0.2) is 5.78 Å². The summed E-state index contributed by atoms with van der Waals surface area (Å²) < 4.78 is 10.4. The molecule has 0 saturated carbocycles. The van der Waals surface area contributed by atoms with E-state index < -0.39 is 0 Å². The molecule has 1 saturated heterocycles. The number of rotatable bonds is 7. The van der Waals surface area contributed by atoms with Gasteiger partial charge >= 0.3 is 6.09 Å². The maximum absolute atomic E-state index is 12.4. The van der Waals surface area contributed by atoms with Gasteiger partial charge in [0.05, 0.1) is 6.54 Å². The summed E-state index contributed by atoms with van der Waals surface area (Å²) in [6.45, 7) is 4.91. The Morgan fingerprint density at radius 2 is 2.04 bits per heavy atom. The second kappa shape index (κ2) is 8.16. The summed E-state index contributed by atoms with van der Waals surface area (Å²) in [5.74, 6) is 0.616. The number of amides is 1. The van der Waals surface area contributed by atoms with Gasteiger partial charge in [0.2, 0.25) is 0 Å². The van der Waals surface area contributed by atoms with E-state index in [-0.39, 0.29) is 11.9 Å². The quantitative estimate of drug-likeness (QED) is 0.429. The molecule has 0 N–H and O–H groups in total. The summed E-state index contributed by atoms with van der Waals surface area (Å²) in [6.07, 6.45) is 4.56. The number of cyclic esters (lactones) is 1. The van der Waals surface area contributed by atoms with Crippen molar-refractivity contribution in [2.45, 2.75) is 0 Å². The minimum absolute atomic E-state index is 0.133. The average Bonchev–Trinajstić information content (AvgIpc) is 3.11. The first-order valence-electron chi connectivity index (χ1n) is 8.28. The molecule has 0 radical (unpaired) electrons. The molecule has 5 heteroatoms. The second-order valence-corrected chi connectivity index (χ2v) is 5.68. The zero-order valence-electron chi connectivity index (χ0n) is 14.3. The van der Waals surface area contributed by atoms with E-state index in [0.717, 1.165) is 11.3 Å². The molecule has 0 bridgehead atoms. The molecule has 0 aliphatic carbocycles. The molecule has 2 aromatic carbocycles. The van der Waals surface area contributed by atoms with Crippen LogP contribution in [0.2, 0.25) is 0 Å². The van der Waals surface area contributed by atoms with E-state index in [1.807, 2.05) is 24.3 Å². The van der Waals surface area contributed by atoms with Gasteiger partial charge in [0.1, 0.15) is 19.0 Å². The molecule has 1 heterocycles. The van der Waals surface area contributed by atoms with Crippen molar-refractivity contribution in [3.05, 3.63) is 78.4 Å². The third-order valence-corrected chi connectivity index (χ3v) is 3.88. The van der Waals surface area contributed by atoms with Gasteiger partial charge in [-0.05, 0) is 35.9 Å². The van der Waals surface area contributed by atoms with Gasteiger partial charge in [-0.2, -0.15) is 0 Å². The fourth-order valence-electron chi connectivity index (χ4n) is 2.55. The first-order chi connectivity index (χ1) is 12.7. The smallest absolute Gasteiger partial charge is 0.414 e. The van der Waals surface area contributed by atoms with Crippen LogP contribution in [0, 0.1) is 0 Å². The first kappa shape index (κ1) is 17.5. The van der Waals surface area contributed by atoms with Crippen LogP contribution in [0.15, 0.2) is 67.3 Å². The minimum atomic E-state index is -0.385. The molecule has 1 aliphatic rings. The topological polar surface area (TPSA) is 55.8 Å². The van der Waals surface area contributed by atoms with Crippen molar-refractivity contribution in [2.75, 3.05) is 24.7 Å². The van der Waals surface area contributed by atoms with Gasteiger partial charge in [0, 0.05) is 11.3 Å². The summed E-state index contributed by atoms with van der Waals surface area (Å²) in [4.78, 5) is 25.6. The lowest BCUT2D eigenvalue weighted by Crippen LogP contribution is -2.23. The molecule has 0 aromatic heterocycles. The van der Waals surface area contributed by atoms with Crippen LogP contribution in [0.5, 0.6) is 5.75 Å². The fourth-order valence-corrected chi connectivity index (χ4v) is 2.55. The average molecular weight is 349 g/mol. The highest BCUT2D eigenvalue weighted by atomic mass is 16.6. The lowest BCUT2D eigenvalue weighted by Gasteiger charge is -2.13.